The lowest BCUT2D eigenvalue weighted by Gasteiger charge is -2.18. The van der Waals surface area contributed by atoms with Gasteiger partial charge in [0, 0.05) is 0 Å². The molecule has 2 rings (SSSR count). The van der Waals surface area contributed by atoms with Gasteiger partial charge in [0.15, 0.2) is 0 Å². The maximum absolute atomic E-state index is 10.9. The number of hydrogen-bond donors (Lipinski definition) is 4. The Bertz CT molecular complexity index is 626. The van der Waals surface area contributed by atoms with E-state index in [0.717, 1.165) is 10.8 Å². The minimum absolute atomic E-state index is 0.217. The molecule has 2 unspecified atom stereocenters. The van der Waals surface area contributed by atoms with Crippen LogP contribution in [-0.2, 0) is 0 Å². The Morgan fingerprint density at radius 2 is 1.75 bits per heavy atom. The van der Waals surface area contributed by atoms with Crippen molar-refractivity contribution in [1.29, 1.82) is 0 Å². The molecule has 0 aliphatic rings. The molecule has 0 saturated carbocycles. The third-order valence-electron chi connectivity index (χ3n) is 3.28. The molecule has 0 saturated heterocycles. The predicted octanol–water partition coefficient (Wildman–Crippen LogP) is 1.28. The third-order valence-corrected chi connectivity index (χ3v) is 3.28. The molecule has 0 aromatic heterocycles. The van der Waals surface area contributed by atoms with Gasteiger partial charge in [-0.2, -0.15) is 0 Å². The van der Waals surface area contributed by atoms with E-state index >= 15 is 0 Å². The van der Waals surface area contributed by atoms with Crippen molar-refractivity contribution in [2.45, 2.75) is 18.6 Å². The second-order valence-electron chi connectivity index (χ2n) is 4.72. The number of fused-ring (bicyclic) bond motifs is 1. The van der Waals surface area contributed by atoms with E-state index in [-0.39, 0.29) is 5.56 Å². The first-order valence-electron chi connectivity index (χ1n) is 6.36. The standard InChI is InChI=1S/C15H17NO4/c16-6-5-13(17)14(18)11-3-1-10-8-12(15(19)20)4-2-9(10)7-11/h1-4,7-8,13-14,17-18H,5-6,16H2,(H,19,20). The van der Waals surface area contributed by atoms with Crippen molar-refractivity contribution in [2.24, 2.45) is 5.73 Å². The van der Waals surface area contributed by atoms with Gasteiger partial charge in [-0.25, -0.2) is 4.79 Å². The third kappa shape index (κ3) is 2.96. The average Bonchev–Trinajstić information content (AvgIpc) is 2.45. The first-order valence-corrected chi connectivity index (χ1v) is 6.36. The average molecular weight is 275 g/mol. The fraction of sp³-hybridized carbons (Fsp3) is 0.267. The molecule has 2 atom stereocenters. The molecule has 5 N–H and O–H groups in total. The molecule has 106 valence electrons. The zero-order chi connectivity index (χ0) is 14.7. The van der Waals surface area contributed by atoms with Crippen LogP contribution in [0.3, 0.4) is 0 Å². The zero-order valence-electron chi connectivity index (χ0n) is 10.9. The Morgan fingerprint density at radius 3 is 2.40 bits per heavy atom. The van der Waals surface area contributed by atoms with Crippen LogP contribution < -0.4 is 5.73 Å². The minimum atomic E-state index is -0.998. The van der Waals surface area contributed by atoms with Gasteiger partial charge in [0.1, 0.15) is 6.10 Å². The topological polar surface area (TPSA) is 104 Å². The second-order valence-corrected chi connectivity index (χ2v) is 4.72. The normalized spacial score (nSPS) is 14.2. The Labute approximate surface area is 116 Å². The van der Waals surface area contributed by atoms with E-state index in [1.807, 2.05) is 0 Å². The highest BCUT2D eigenvalue weighted by Gasteiger charge is 2.17. The fourth-order valence-corrected chi connectivity index (χ4v) is 2.13. The SMILES string of the molecule is NCCC(O)C(O)c1ccc2cc(C(=O)O)ccc2c1. The molecule has 5 nitrogen and oxygen atoms in total. The van der Waals surface area contributed by atoms with Gasteiger partial charge in [-0.15, -0.1) is 0 Å². The molecule has 5 heteroatoms. The molecular formula is C15H17NO4. The van der Waals surface area contributed by atoms with Crippen molar-refractivity contribution in [1.82, 2.24) is 0 Å². The highest BCUT2D eigenvalue weighted by atomic mass is 16.4. The lowest BCUT2D eigenvalue weighted by atomic mass is 9.98. The summed E-state index contributed by atoms with van der Waals surface area (Å²) in [7, 11) is 0. The summed E-state index contributed by atoms with van der Waals surface area (Å²) in [5.41, 5.74) is 6.16. The second kappa shape index (κ2) is 6.00. The molecule has 20 heavy (non-hydrogen) atoms. The van der Waals surface area contributed by atoms with Crippen LogP contribution in [0.5, 0.6) is 0 Å². The van der Waals surface area contributed by atoms with Crippen LogP contribution in [0.4, 0.5) is 0 Å². The van der Waals surface area contributed by atoms with Crippen LogP contribution in [0.15, 0.2) is 36.4 Å². The number of rotatable bonds is 5. The van der Waals surface area contributed by atoms with Crippen LogP contribution in [0.1, 0.15) is 28.4 Å². The molecule has 0 amide bonds. The number of carbonyl (C=O) groups is 1. The summed E-state index contributed by atoms with van der Waals surface area (Å²) in [4.78, 5) is 10.9. The number of aliphatic hydroxyl groups excluding tert-OH is 2. The number of carboxylic acids is 1. The Hall–Kier alpha value is -1.95. The van der Waals surface area contributed by atoms with Gasteiger partial charge in [-0.3, -0.25) is 0 Å². The van der Waals surface area contributed by atoms with Crippen molar-refractivity contribution in [2.75, 3.05) is 6.54 Å². The number of aliphatic hydroxyl groups is 2. The van der Waals surface area contributed by atoms with E-state index in [1.165, 1.54) is 6.07 Å². The molecular weight excluding hydrogens is 258 g/mol. The van der Waals surface area contributed by atoms with Crippen molar-refractivity contribution >= 4 is 16.7 Å². The highest BCUT2D eigenvalue weighted by Crippen LogP contribution is 2.24. The predicted molar refractivity (Wildman–Crippen MR) is 75.5 cm³/mol. The molecule has 0 aliphatic heterocycles. The first-order chi connectivity index (χ1) is 9.52. The van der Waals surface area contributed by atoms with Crippen molar-refractivity contribution in [3.63, 3.8) is 0 Å². The summed E-state index contributed by atoms with van der Waals surface area (Å²) in [5.74, 6) is -0.977. The summed E-state index contributed by atoms with van der Waals surface area (Å²) < 4.78 is 0. The van der Waals surface area contributed by atoms with Gasteiger partial charge in [-0.05, 0) is 47.5 Å². The van der Waals surface area contributed by atoms with Gasteiger partial charge in [0.05, 0.1) is 11.7 Å². The summed E-state index contributed by atoms with van der Waals surface area (Å²) in [6, 6.07) is 9.92. The molecule has 2 aromatic rings. The molecule has 0 radical (unpaired) electrons. The number of nitrogens with two attached hydrogens (primary N) is 1. The quantitative estimate of drug-likeness (QED) is 0.658. The lowest BCUT2D eigenvalue weighted by Crippen LogP contribution is -2.21. The lowest BCUT2D eigenvalue weighted by molar-refractivity contribution is 0.0151. The molecule has 0 heterocycles. The summed E-state index contributed by atoms with van der Waals surface area (Å²) >= 11 is 0. The van der Waals surface area contributed by atoms with Gasteiger partial charge in [0.2, 0.25) is 0 Å². The summed E-state index contributed by atoms with van der Waals surface area (Å²) in [6.45, 7) is 0.299. The summed E-state index contributed by atoms with van der Waals surface area (Å²) in [6.07, 6.45) is -1.59. The van der Waals surface area contributed by atoms with Crippen molar-refractivity contribution in [3.8, 4) is 0 Å². The number of hydrogen-bond acceptors (Lipinski definition) is 4. The Balaban J connectivity index is 2.34. The number of benzene rings is 2. The monoisotopic (exact) mass is 275 g/mol. The fourth-order valence-electron chi connectivity index (χ4n) is 2.13. The van der Waals surface area contributed by atoms with E-state index in [4.69, 9.17) is 10.8 Å². The van der Waals surface area contributed by atoms with E-state index in [2.05, 4.69) is 0 Å². The highest BCUT2D eigenvalue weighted by molar-refractivity contribution is 5.94. The van der Waals surface area contributed by atoms with E-state index < -0.39 is 18.2 Å². The molecule has 0 spiro atoms. The van der Waals surface area contributed by atoms with Crippen LogP contribution in [0, 0.1) is 0 Å². The number of carboxylic acid groups (broad SMARTS) is 1. The molecule has 0 bridgehead atoms. The van der Waals surface area contributed by atoms with Crippen LogP contribution in [0.25, 0.3) is 10.8 Å². The maximum atomic E-state index is 10.9. The zero-order valence-corrected chi connectivity index (χ0v) is 10.9. The molecule has 2 aromatic carbocycles. The molecule has 0 aliphatic carbocycles. The first kappa shape index (κ1) is 14.5. The van der Waals surface area contributed by atoms with Crippen LogP contribution >= 0.6 is 0 Å². The van der Waals surface area contributed by atoms with Gasteiger partial charge < -0.3 is 21.1 Å². The smallest absolute Gasteiger partial charge is 0.335 e. The molecule has 0 fully saturated rings. The van der Waals surface area contributed by atoms with Crippen LogP contribution in [0.2, 0.25) is 0 Å². The van der Waals surface area contributed by atoms with Crippen LogP contribution in [-0.4, -0.2) is 33.9 Å². The number of aromatic carboxylic acids is 1. The largest absolute Gasteiger partial charge is 0.478 e. The van der Waals surface area contributed by atoms with E-state index in [0.29, 0.717) is 18.5 Å². The minimum Gasteiger partial charge on any atom is -0.478 e. The van der Waals surface area contributed by atoms with Crippen molar-refractivity contribution in [3.05, 3.63) is 47.5 Å². The maximum Gasteiger partial charge on any atom is 0.335 e. The van der Waals surface area contributed by atoms with E-state index in [9.17, 15) is 15.0 Å². The van der Waals surface area contributed by atoms with Crippen molar-refractivity contribution < 1.29 is 20.1 Å². The van der Waals surface area contributed by atoms with Gasteiger partial charge in [-0.1, -0.05) is 18.2 Å². The summed E-state index contributed by atoms with van der Waals surface area (Å²) in [5, 5.41) is 30.3. The van der Waals surface area contributed by atoms with E-state index in [1.54, 1.807) is 30.3 Å². The Kier molecular flexibility index (Phi) is 4.34. The van der Waals surface area contributed by atoms with Gasteiger partial charge in [0.25, 0.3) is 0 Å². The Morgan fingerprint density at radius 1 is 1.10 bits per heavy atom. The van der Waals surface area contributed by atoms with Gasteiger partial charge >= 0.3 is 5.97 Å².